The van der Waals surface area contributed by atoms with E-state index in [1.165, 1.54) is 73.9 Å². The van der Waals surface area contributed by atoms with Gasteiger partial charge in [0.25, 0.3) is 0 Å². The summed E-state index contributed by atoms with van der Waals surface area (Å²) < 4.78 is 6.64. The Labute approximate surface area is 174 Å². The van der Waals surface area contributed by atoms with Gasteiger partial charge in [-0.2, -0.15) is 0 Å². The zero-order valence-electron chi connectivity index (χ0n) is 17.4. The molecule has 4 aliphatic heterocycles. The Kier molecular flexibility index (Phi) is 4.42. The van der Waals surface area contributed by atoms with Gasteiger partial charge in [-0.1, -0.05) is 42.8 Å². The van der Waals surface area contributed by atoms with Crippen molar-refractivity contribution >= 4 is 0 Å². The smallest absolute Gasteiger partial charge is 0.123 e. The third-order valence-corrected chi connectivity index (χ3v) is 7.79. The van der Waals surface area contributed by atoms with Crippen LogP contribution in [-0.2, 0) is 25.9 Å². The number of ether oxygens (including phenoxy) is 1. The largest absolute Gasteiger partial charge is 0.487 e. The predicted molar refractivity (Wildman–Crippen MR) is 116 cm³/mol. The molecule has 0 amide bonds. The second-order valence-electron chi connectivity index (χ2n) is 9.77. The van der Waals surface area contributed by atoms with E-state index in [-0.39, 0.29) is 5.60 Å². The summed E-state index contributed by atoms with van der Waals surface area (Å²) in [4.78, 5) is 5.32. The molecule has 152 valence electrons. The van der Waals surface area contributed by atoms with E-state index >= 15 is 0 Å². The molecule has 0 saturated carbocycles. The summed E-state index contributed by atoms with van der Waals surface area (Å²) in [5, 5.41) is 0. The quantitative estimate of drug-likeness (QED) is 0.750. The van der Waals surface area contributed by atoms with Crippen molar-refractivity contribution in [1.82, 2.24) is 9.80 Å². The fourth-order valence-electron chi connectivity index (χ4n) is 6.25. The summed E-state index contributed by atoms with van der Waals surface area (Å²) in [5.74, 6) is 1.15. The minimum Gasteiger partial charge on any atom is -0.487 e. The molecule has 3 heteroatoms. The highest BCUT2D eigenvalue weighted by Crippen LogP contribution is 2.44. The Morgan fingerprint density at radius 1 is 0.966 bits per heavy atom. The topological polar surface area (TPSA) is 15.7 Å². The van der Waals surface area contributed by atoms with Crippen LogP contribution in [0.25, 0.3) is 0 Å². The molecule has 2 saturated heterocycles. The SMILES string of the molecule is c1ccc2c(c1)CCN(Cc1ccc3c(c1)C[C@@]1(CCN4CCCC[C@H]4C1)O3)C2. The van der Waals surface area contributed by atoms with E-state index in [1.54, 1.807) is 0 Å². The van der Waals surface area contributed by atoms with E-state index in [0.29, 0.717) is 0 Å². The van der Waals surface area contributed by atoms with Crippen molar-refractivity contribution in [3.05, 3.63) is 64.7 Å². The fourth-order valence-corrected chi connectivity index (χ4v) is 6.25. The zero-order valence-corrected chi connectivity index (χ0v) is 17.4. The number of hydrogen-bond donors (Lipinski definition) is 0. The summed E-state index contributed by atoms with van der Waals surface area (Å²) >= 11 is 0. The van der Waals surface area contributed by atoms with E-state index in [2.05, 4.69) is 52.3 Å². The third kappa shape index (κ3) is 3.39. The van der Waals surface area contributed by atoms with Crippen LogP contribution < -0.4 is 4.74 Å². The van der Waals surface area contributed by atoms with Crippen molar-refractivity contribution in [2.24, 2.45) is 0 Å². The van der Waals surface area contributed by atoms with E-state index in [0.717, 1.165) is 37.8 Å². The maximum absolute atomic E-state index is 6.64. The predicted octanol–water partition coefficient (Wildman–Crippen LogP) is 4.57. The van der Waals surface area contributed by atoms with Gasteiger partial charge in [-0.05, 0) is 54.1 Å². The molecule has 0 unspecified atom stereocenters. The first-order valence-electron chi connectivity index (χ1n) is 11.6. The van der Waals surface area contributed by atoms with Crippen LogP contribution in [0, 0.1) is 0 Å². The average Bonchev–Trinajstić information content (AvgIpc) is 3.10. The van der Waals surface area contributed by atoms with Crippen LogP contribution in [0.4, 0.5) is 0 Å². The summed E-state index contributed by atoms with van der Waals surface area (Å²) in [6.45, 7) is 5.80. The van der Waals surface area contributed by atoms with Crippen molar-refractivity contribution in [2.75, 3.05) is 19.6 Å². The Morgan fingerprint density at radius 3 is 2.86 bits per heavy atom. The Balaban J connectivity index is 1.15. The van der Waals surface area contributed by atoms with Gasteiger partial charge in [0.2, 0.25) is 0 Å². The summed E-state index contributed by atoms with van der Waals surface area (Å²) in [5.41, 5.74) is 6.00. The second kappa shape index (κ2) is 7.14. The van der Waals surface area contributed by atoms with E-state index in [1.807, 2.05) is 0 Å². The monoisotopic (exact) mass is 388 g/mol. The average molecular weight is 389 g/mol. The lowest BCUT2D eigenvalue weighted by molar-refractivity contribution is -0.0249. The minimum absolute atomic E-state index is 0.0729. The van der Waals surface area contributed by atoms with Gasteiger partial charge in [-0.25, -0.2) is 0 Å². The second-order valence-corrected chi connectivity index (χ2v) is 9.77. The molecule has 2 aromatic rings. The molecular weight excluding hydrogens is 356 g/mol. The van der Waals surface area contributed by atoms with Crippen molar-refractivity contribution in [3.63, 3.8) is 0 Å². The van der Waals surface area contributed by atoms with Crippen molar-refractivity contribution in [3.8, 4) is 5.75 Å². The van der Waals surface area contributed by atoms with Crippen LogP contribution in [0.1, 0.15) is 54.4 Å². The lowest BCUT2D eigenvalue weighted by Crippen LogP contribution is -2.54. The van der Waals surface area contributed by atoms with Gasteiger partial charge in [0, 0.05) is 51.5 Å². The van der Waals surface area contributed by atoms with Gasteiger partial charge in [-0.3, -0.25) is 4.90 Å². The van der Waals surface area contributed by atoms with Gasteiger partial charge in [0.05, 0.1) is 0 Å². The molecule has 2 atom stereocenters. The van der Waals surface area contributed by atoms with Crippen molar-refractivity contribution < 1.29 is 4.74 Å². The highest BCUT2D eigenvalue weighted by Gasteiger charge is 2.46. The number of hydrogen-bond acceptors (Lipinski definition) is 3. The first-order chi connectivity index (χ1) is 14.3. The number of benzene rings is 2. The van der Waals surface area contributed by atoms with Crippen LogP contribution in [0.2, 0.25) is 0 Å². The van der Waals surface area contributed by atoms with Gasteiger partial charge < -0.3 is 9.64 Å². The Hall–Kier alpha value is -1.84. The fraction of sp³-hybridized carbons (Fsp3) is 0.538. The van der Waals surface area contributed by atoms with Crippen molar-refractivity contribution in [1.29, 1.82) is 0 Å². The molecule has 0 aromatic heterocycles. The number of fused-ring (bicyclic) bond motifs is 3. The third-order valence-electron chi connectivity index (χ3n) is 7.79. The molecule has 0 radical (unpaired) electrons. The van der Waals surface area contributed by atoms with Gasteiger partial charge in [-0.15, -0.1) is 0 Å². The molecule has 2 fully saturated rings. The van der Waals surface area contributed by atoms with Crippen LogP contribution in [0.3, 0.4) is 0 Å². The summed E-state index contributed by atoms with van der Waals surface area (Å²) in [6.07, 6.45) is 8.84. The summed E-state index contributed by atoms with van der Waals surface area (Å²) in [6, 6.07) is 16.7. The lowest BCUT2D eigenvalue weighted by Gasteiger charge is -2.46. The first kappa shape index (κ1) is 18.0. The maximum atomic E-state index is 6.64. The zero-order chi connectivity index (χ0) is 19.3. The molecule has 2 aromatic carbocycles. The van der Waals surface area contributed by atoms with Crippen LogP contribution >= 0.6 is 0 Å². The number of nitrogens with zero attached hydrogens (tertiary/aromatic N) is 2. The number of piperidine rings is 2. The van der Waals surface area contributed by atoms with Crippen LogP contribution in [0.5, 0.6) is 5.75 Å². The first-order valence-corrected chi connectivity index (χ1v) is 11.6. The summed E-state index contributed by atoms with van der Waals surface area (Å²) in [7, 11) is 0. The molecule has 0 N–H and O–H groups in total. The Morgan fingerprint density at radius 2 is 1.90 bits per heavy atom. The minimum atomic E-state index is 0.0729. The van der Waals surface area contributed by atoms with Gasteiger partial charge >= 0.3 is 0 Å². The molecule has 4 heterocycles. The highest BCUT2D eigenvalue weighted by atomic mass is 16.5. The molecule has 3 nitrogen and oxygen atoms in total. The Bertz CT molecular complexity index is 909. The van der Waals surface area contributed by atoms with Crippen LogP contribution in [-0.4, -0.2) is 41.1 Å². The normalized spacial score (nSPS) is 29.2. The lowest BCUT2D eigenvalue weighted by atomic mass is 9.80. The van der Waals surface area contributed by atoms with E-state index in [4.69, 9.17) is 4.74 Å². The molecule has 4 aliphatic rings. The van der Waals surface area contributed by atoms with Crippen molar-refractivity contribution in [2.45, 2.75) is 69.7 Å². The number of rotatable bonds is 2. The molecule has 0 bridgehead atoms. The van der Waals surface area contributed by atoms with E-state index in [9.17, 15) is 0 Å². The van der Waals surface area contributed by atoms with Gasteiger partial charge in [0.15, 0.2) is 0 Å². The molecular formula is C26H32N2O. The standard InChI is InChI=1S/C26H32N2O/c1-2-6-22-19-27(13-10-21(22)5-1)18-20-8-9-25-23(15-20)16-26(29-25)11-14-28-12-4-3-7-24(28)17-26/h1-2,5-6,8-9,15,24H,3-4,7,10-14,16-19H2/t24-,26+/m0/s1. The van der Waals surface area contributed by atoms with E-state index < -0.39 is 0 Å². The van der Waals surface area contributed by atoms with Gasteiger partial charge in [0.1, 0.15) is 11.4 Å². The van der Waals surface area contributed by atoms with Crippen LogP contribution in [0.15, 0.2) is 42.5 Å². The molecule has 6 rings (SSSR count). The molecule has 29 heavy (non-hydrogen) atoms. The maximum Gasteiger partial charge on any atom is 0.123 e. The molecule has 0 aliphatic carbocycles. The highest BCUT2D eigenvalue weighted by molar-refractivity contribution is 5.43. The molecule has 1 spiro atoms.